The van der Waals surface area contributed by atoms with E-state index in [0.717, 1.165) is 12.8 Å². The molecule has 2 aliphatic carbocycles. The number of fused-ring (bicyclic) bond motifs is 2. The van der Waals surface area contributed by atoms with E-state index >= 15 is 0 Å². The van der Waals surface area contributed by atoms with Crippen LogP contribution in [0.1, 0.15) is 12.8 Å². The second kappa shape index (κ2) is 6.31. The molecule has 1 amide bonds. The van der Waals surface area contributed by atoms with Crippen LogP contribution >= 0.6 is 23.2 Å². The smallest absolute Gasteiger partial charge is 0.310 e. The van der Waals surface area contributed by atoms with Crippen molar-refractivity contribution in [3.8, 4) is 0 Å². The maximum Gasteiger partial charge on any atom is 0.310 e. The molecule has 0 saturated heterocycles. The number of rotatable bonds is 4. The topological polar surface area (TPSA) is 55.4 Å². The fourth-order valence-electron chi connectivity index (χ4n) is 3.08. The van der Waals surface area contributed by atoms with Crippen molar-refractivity contribution >= 4 is 40.8 Å². The van der Waals surface area contributed by atoms with Crippen LogP contribution in [0.15, 0.2) is 30.4 Å². The third kappa shape index (κ3) is 3.13. The zero-order chi connectivity index (χ0) is 15.7. The zero-order valence-electron chi connectivity index (χ0n) is 11.7. The number of carbonyl (C=O) groups is 2. The Morgan fingerprint density at radius 1 is 1.23 bits per heavy atom. The number of nitrogens with one attached hydrogen (secondary N) is 1. The summed E-state index contributed by atoms with van der Waals surface area (Å²) >= 11 is 11.9. The van der Waals surface area contributed by atoms with E-state index in [1.807, 2.05) is 0 Å². The van der Waals surface area contributed by atoms with Gasteiger partial charge in [-0.3, -0.25) is 9.59 Å². The van der Waals surface area contributed by atoms with Crippen molar-refractivity contribution in [1.29, 1.82) is 0 Å². The Morgan fingerprint density at radius 2 is 2.05 bits per heavy atom. The maximum absolute atomic E-state index is 12.0. The van der Waals surface area contributed by atoms with E-state index < -0.39 is 5.91 Å². The quantitative estimate of drug-likeness (QED) is 0.672. The molecular weight excluding hydrogens is 325 g/mol. The summed E-state index contributed by atoms with van der Waals surface area (Å²) in [6.07, 6.45) is 6.07. The van der Waals surface area contributed by atoms with Crippen LogP contribution in [0.5, 0.6) is 0 Å². The van der Waals surface area contributed by atoms with Gasteiger partial charge < -0.3 is 10.1 Å². The molecule has 22 heavy (non-hydrogen) atoms. The van der Waals surface area contributed by atoms with Gasteiger partial charge in [-0.25, -0.2) is 0 Å². The SMILES string of the molecule is O=C(COC(=O)C1CC2C=CC1C2)Nc1cccc(Cl)c1Cl. The standard InChI is InChI=1S/C16H15Cl2NO3/c17-12-2-1-3-13(15(12)18)19-14(20)8-22-16(21)11-7-9-4-5-10(11)6-9/h1-5,9-11H,6-8H2,(H,19,20). The molecule has 3 rings (SSSR count). The monoisotopic (exact) mass is 339 g/mol. The van der Waals surface area contributed by atoms with Gasteiger partial charge in [-0.2, -0.15) is 0 Å². The fraction of sp³-hybridized carbons (Fsp3) is 0.375. The van der Waals surface area contributed by atoms with Crippen molar-refractivity contribution in [3.63, 3.8) is 0 Å². The maximum atomic E-state index is 12.0. The molecule has 0 aliphatic heterocycles. The van der Waals surface area contributed by atoms with Gasteiger partial charge in [0.05, 0.1) is 21.7 Å². The molecule has 0 aromatic heterocycles. The van der Waals surface area contributed by atoms with Gasteiger partial charge in [0.15, 0.2) is 6.61 Å². The fourth-order valence-corrected chi connectivity index (χ4v) is 3.43. The van der Waals surface area contributed by atoms with Gasteiger partial charge in [-0.05, 0) is 36.8 Å². The Balaban J connectivity index is 1.51. The summed E-state index contributed by atoms with van der Waals surface area (Å²) in [7, 11) is 0. The normalized spacial score (nSPS) is 25.3. The molecular formula is C16H15Cl2NO3. The minimum atomic E-state index is -0.434. The molecule has 0 radical (unpaired) electrons. The van der Waals surface area contributed by atoms with E-state index in [1.165, 1.54) is 0 Å². The first-order valence-electron chi connectivity index (χ1n) is 7.13. The van der Waals surface area contributed by atoms with Crippen molar-refractivity contribution in [2.24, 2.45) is 17.8 Å². The number of ether oxygens (including phenoxy) is 1. The number of benzene rings is 1. The highest BCUT2D eigenvalue weighted by Crippen LogP contribution is 2.43. The first-order chi connectivity index (χ1) is 10.5. The van der Waals surface area contributed by atoms with Crippen LogP contribution in [0.3, 0.4) is 0 Å². The Morgan fingerprint density at radius 3 is 2.73 bits per heavy atom. The van der Waals surface area contributed by atoms with Crippen molar-refractivity contribution in [2.75, 3.05) is 11.9 Å². The van der Waals surface area contributed by atoms with Crippen LogP contribution in [0, 0.1) is 17.8 Å². The molecule has 3 atom stereocenters. The van der Waals surface area contributed by atoms with Gasteiger partial charge in [-0.15, -0.1) is 0 Å². The van der Waals surface area contributed by atoms with Crippen LogP contribution in [0.4, 0.5) is 5.69 Å². The number of carbonyl (C=O) groups excluding carboxylic acids is 2. The van der Waals surface area contributed by atoms with E-state index in [1.54, 1.807) is 18.2 Å². The van der Waals surface area contributed by atoms with E-state index in [0.29, 0.717) is 16.6 Å². The van der Waals surface area contributed by atoms with Gasteiger partial charge in [0.2, 0.25) is 0 Å². The van der Waals surface area contributed by atoms with Crippen LogP contribution in [-0.2, 0) is 14.3 Å². The van der Waals surface area contributed by atoms with Gasteiger partial charge in [0.1, 0.15) is 0 Å². The number of halogens is 2. The van der Waals surface area contributed by atoms with E-state index in [2.05, 4.69) is 17.5 Å². The Labute approximate surface area is 138 Å². The summed E-state index contributed by atoms with van der Waals surface area (Å²) in [5, 5.41) is 3.20. The Bertz CT molecular complexity index is 644. The number of allylic oxidation sites excluding steroid dienone is 2. The van der Waals surface area contributed by atoms with Crippen molar-refractivity contribution < 1.29 is 14.3 Å². The molecule has 1 fully saturated rings. The molecule has 1 saturated carbocycles. The summed E-state index contributed by atoms with van der Waals surface area (Å²) in [6, 6.07) is 4.94. The third-order valence-electron chi connectivity index (χ3n) is 4.15. The second-order valence-corrected chi connectivity index (χ2v) is 6.43. The minimum absolute atomic E-state index is 0.113. The Hall–Kier alpha value is -1.52. The first-order valence-corrected chi connectivity index (χ1v) is 7.89. The van der Waals surface area contributed by atoms with Crippen molar-refractivity contribution in [3.05, 3.63) is 40.4 Å². The second-order valence-electron chi connectivity index (χ2n) is 5.64. The minimum Gasteiger partial charge on any atom is -0.455 e. The molecule has 2 aliphatic rings. The highest BCUT2D eigenvalue weighted by molar-refractivity contribution is 6.43. The predicted octanol–water partition coefficient (Wildman–Crippen LogP) is 3.69. The molecule has 1 N–H and O–H groups in total. The van der Waals surface area contributed by atoms with Gasteiger partial charge in [0, 0.05) is 0 Å². The van der Waals surface area contributed by atoms with Crippen LogP contribution in [0.25, 0.3) is 0 Å². The molecule has 1 aromatic rings. The molecule has 2 bridgehead atoms. The lowest BCUT2D eigenvalue weighted by Gasteiger charge is -2.16. The molecule has 6 heteroatoms. The molecule has 0 heterocycles. The average Bonchev–Trinajstić information content (AvgIpc) is 3.12. The summed E-state index contributed by atoms with van der Waals surface area (Å²) in [5.74, 6) is -0.0949. The van der Waals surface area contributed by atoms with Gasteiger partial charge in [-0.1, -0.05) is 41.4 Å². The van der Waals surface area contributed by atoms with Crippen LogP contribution in [-0.4, -0.2) is 18.5 Å². The largest absolute Gasteiger partial charge is 0.455 e. The van der Waals surface area contributed by atoms with E-state index in [4.69, 9.17) is 27.9 Å². The van der Waals surface area contributed by atoms with Crippen molar-refractivity contribution in [1.82, 2.24) is 0 Å². The molecule has 1 aromatic carbocycles. The number of hydrogen-bond donors (Lipinski definition) is 1. The number of anilines is 1. The molecule has 4 nitrogen and oxygen atoms in total. The number of amides is 1. The lowest BCUT2D eigenvalue weighted by Crippen LogP contribution is -2.26. The van der Waals surface area contributed by atoms with Crippen LogP contribution in [0.2, 0.25) is 10.0 Å². The van der Waals surface area contributed by atoms with Crippen molar-refractivity contribution in [2.45, 2.75) is 12.8 Å². The number of hydrogen-bond acceptors (Lipinski definition) is 3. The lowest BCUT2D eigenvalue weighted by molar-refractivity contribution is -0.152. The Kier molecular flexibility index (Phi) is 4.41. The van der Waals surface area contributed by atoms with Crippen LogP contribution < -0.4 is 5.32 Å². The zero-order valence-corrected chi connectivity index (χ0v) is 13.2. The highest BCUT2D eigenvalue weighted by Gasteiger charge is 2.40. The van der Waals surface area contributed by atoms with E-state index in [9.17, 15) is 9.59 Å². The summed E-state index contributed by atoms with van der Waals surface area (Å²) in [6.45, 7) is -0.320. The average molecular weight is 340 g/mol. The van der Waals surface area contributed by atoms with E-state index in [-0.39, 0.29) is 29.4 Å². The predicted molar refractivity (Wildman–Crippen MR) is 84.9 cm³/mol. The summed E-state index contributed by atoms with van der Waals surface area (Å²) < 4.78 is 5.12. The number of esters is 1. The lowest BCUT2D eigenvalue weighted by atomic mass is 9.94. The molecule has 0 spiro atoms. The first kappa shape index (κ1) is 15.4. The third-order valence-corrected chi connectivity index (χ3v) is 4.97. The van der Waals surface area contributed by atoms with Gasteiger partial charge in [0.25, 0.3) is 5.91 Å². The van der Waals surface area contributed by atoms with Gasteiger partial charge >= 0.3 is 5.97 Å². The summed E-state index contributed by atoms with van der Waals surface area (Å²) in [5.41, 5.74) is 0.401. The molecule has 116 valence electrons. The molecule has 3 unspecified atom stereocenters. The summed E-state index contributed by atoms with van der Waals surface area (Å²) in [4.78, 5) is 23.9. The highest BCUT2D eigenvalue weighted by atomic mass is 35.5.